The Labute approximate surface area is 82.3 Å². The summed E-state index contributed by atoms with van der Waals surface area (Å²) < 4.78 is 9.50. The van der Waals surface area contributed by atoms with E-state index in [-0.39, 0.29) is 25.0 Å². The molecule has 1 heterocycles. The van der Waals surface area contributed by atoms with Crippen LogP contribution < -0.4 is 0 Å². The topological polar surface area (TPSA) is 55.8 Å². The van der Waals surface area contributed by atoms with Gasteiger partial charge in [0, 0.05) is 7.05 Å². The second-order valence-corrected chi connectivity index (χ2v) is 3.07. The van der Waals surface area contributed by atoms with E-state index >= 15 is 0 Å². The highest BCUT2D eigenvalue weighted by molar-refractivity contribution is 5.79. The Kier molecular flexibility index (Phi) is 3.50. The summed E-state index contributed by atoms with van der Waals surface area (Å²) in [6.45, 7) is 3.95. The molecule has 0 aromatic rings. The first-order valence-corrected chi connectivity index (χ1v) is 4.31. The van der Waals surface area contributed by atoms with Crippen LogP contribution in [0, 0.1) is 0 Å². The molecule has 1 atom stereocenters. The van der Waals surface area contributed by atoms with E-state index in [1.54, 1.807) is 7.05 Å². The summed E-state index contributed by atoms with van der Waals surface area (Å²) in [5.41, 5.74) is 0. The summed E-state index contributed by atoms with van der Waals surface area (Å²) in [7, 11) is 1.67. The molecule has 0 aromatic heterocycles. The number of carbonyl (C=O) groups excluding carboxylic acids is 2. The molecule has 1 aliphatic heterocycles. The maximum absolute atomic E-state index is 11.1. The number of likely N-dealkylation sites (N-methyl/N-ethyl adjacent to an activating group) is 1. The van der Waals surface area contributed by atoms with E-state index in [2.05, 4.69) is 11.3 Å². The fourth-order valence-corrected chi connectivity index (χ4v) is 1.20. The molecule has 0 bridgehead atoms. The fourth-order valence-electron chi connectivity index (χ4n) is 1.20. The van der Waals surface area contributed by atoms with Gasteiger partial charge in [-0.15, -0.1) is 0 Å². The molecular formula is C9H13NO4. The average molecular weight is 199 g/mol. The lowest BCUT2D eigenvalue weighted by Crippen LogP contribution is -2.23. The number of likely N-dealkylation sites (tertiary alicyclic amines) is 1. The van der Waals surface area contributed by atoms with Gasteiger partial charge in [0.15, 0.2) is 0 Å². The van der Waals surface area contributed by atoms with Crippen LogP contribution in [0.25, 0.3) is 0 Å². The summed E-state index contributed by atoms with van der Waals surface area (Å²) in [4.78, 5) is 23.5. The maximum atomic E-state index is 11.1. The molecule has 1 unspecified atom stereocenters. The molecule has 1 saturated heterocycles. The lowest BCUT2D eigenvalue weighted by molar-refractivity contribution is -0.126. The van der Waals surface area contributed by atoms with Crippen molar-refractivity contribution in [3.8, 4) is 0 Å². The Morgan fingerprint density at radius 1 is 1.79 bits per heavy atom. The van der Waals surface area contributed by atoms with E-state index in [0.29, 0.717) is 6.54 Å². The monoisotopic (exact) mass is 199 g/mol. The summed E-state index contributed by atoms with van der Waals surface area (Å²) in [6.07, 6.45) is 0.551. The first-order valence-electron chi connectivity index (χ1n) is 4.31. The van der Waals surface area contributed by atoms with Gasteiger partial charge in [-0.05, 0) is 0 Å². The average Bonchev–Trinajstić information content (AvgIpc) is 2.42. The Bertz CT molecular complexity index is 251. The number of hydrogen-bond donors (Lipinski definition) is 0. The predicted octanol–water partition coefficient (Wildman–Crippen LogP) is 0.556. The standard InChI is InChI=1S/C9H13NO4/c1-3-4-13-9(12)14-7-5-8(11)10(2)6-7/h3,7H,1,4-6H2,2H3. The van der Waals surface area contributed by atoms with E-state index in [1.165, 1.54) is 11.0 Å². The molecule has 1 aliphatic rings. The predicted molar refractivity (Wildman–Crippen MR) is 48.7 cm³/mol. The SMILES string of the molecule is C=CCOC(=O)OC1CC(=O)N(C)C1. The van der Waals surface area contributed by atoms with Gasteiger partial charge in [-0.25, -0.2) is 4.79 Å². The van der Waals surface area contributed by atoms with Gasteiger partial charge in [0.25, 0.3) is 0 Å². The highest BCUT2D eigenvalue weighted by Gasteiger charge is 2.29. The van der Waals surface area contributed by atoms with Crippen molar-refractivity contribution in [3.63, 3.8) is 0 Å². The van der Waals surface area contributed by atoms with Crippen molar-refractivity contribution in [2.24, 2.45) is 0 Å². The molecule has 5 heteroatoms. The lowest BCUT2D eigenvalue weighted by Gasteiger charge is -2.10. The van der Waals surface area contributed by atoms with Gasteiger partial charge in [-0.2, -0.15) is 0 Å². The van der Waals surface area contributed by atoms with Crippen molar-refractivity contribution in [1.29, 1.82) is 0 Å². The minimum atomic E-state index is -0.752. The highest BCUT2D eigenvalue weighted by Crippen LogP contribution is 2.12. The number of rotatable bonds is 3. The molecule has 14 heavy (non-hydrogen) atoms. The number of hydrogen-bond acceptors (Lipinski definition) is 4. The van der Waals surface area contributed by atoms with Crippen molar-refractivity contribution in [2.75, 3.05) is 20.2 Å². The molecule has 0 N–H and O–H groups in total. The lowest BCUT2D eigenvalue weighted by atomic mass is 10.3. The second-order valence-electron chi connectivity index (χ2n) is 3.07. The van der Waals surface area contributed by atoms with Gasteiger partial charge < -0.3 is 14.4 Å². The zero-order chi connectivity index (χ0) is 10.6. The number of nitrogens with zero attached hydrogens (tertiary/aromatic N) is 1. The molecule has 0 radical (unpaired) electrons. The van der Waals surface area contributed by atoms with Crippen LogP contribution in [0.4, 0.5) is 4.79 Å². The van der Waals surface area contributed by atoms with Crippen LogP contribution in [0.15, 0.2) is 12.7 Å². The van der Waals surface area contributed by atoms with Gasteiger partial charge in [-0.1, -0.05) is 12.7 Å². The molecule has 0 aromatic carbocycles. The van der Waals surface area contributed by atoms with Crippen LogP contribution in [0.1, 0.15) is 6.42 Å². The maximum Gasteiger partial charge on any atom is 0.508 e. The highest BCUT2D eigenvalue weighted by atomic mass is 16.7. The van der Waals surface area contributed by atoms with E-state index < -0.39 is 6.16 Å². The van der Waals surface area contributed by atoms with Gasteiger partial charge in [-0.3, -0.25) is 4.79 Å². The quantitative estimate of drug-likeness (QED) is 0.492. The zero-order valence-electron chi connectivity index (χ0n) is 8.06. The first kappa shape index (κ1) is 10.6. The van der Waals surface area contributed by atoms with Crippen LogP contribution in [0.2, 0.25) is 0 Å². The van der Waals surface area contributed by atoms with Gasteiger partial charge in [0.1, 0.15) is 12.7 Å². The normalized spacial score (nSPS) is 20.8. The first-order chi connectivity index (χ1) is 6.63. The van der Waals surface area contributed by atoms with E-state index in [0.717, 1.165) is 0 Å². The van der Waals surface area contributed by atoms with E-state index in [1.807, 2.05) is 0 Å². The second kappa shape index (κ2) is 4.64. The summed E-state index contributed by atoms with van der Waals surface area (Å²) in [5.74, 6) is -0.0217. The zero-order valence-corrected chi connectivity index (χ0v) is 8.06. The van der Waals surface area contributed by atoms with Crippen LogP contribution in [-0.2, 0) is 14.3 Å². The summed E-state index contributed by atoms with van der Waals surface area (Å²) in [6, 6.07) is 0. The molecule has 78 valence electrons. The van der Waals surface area contributed by atoms with Gasteiger partial charge in [0.2, 0.25) is 5.91 Å². The third-order valence-corrected chi connectivity index (χ3v) is 1.89. The number of carbonyl (C=O) groups is 2. The molecule has 1 amide bonds. The third-order valence-electron chi connectivity index (χ3n) is 1.89. The summed E-state index contributed by atoms with van der Waals surface area (Å²) in [5, 5.41) is 0. The van der Waals surface area contributed by atoms with Crippen molar-refractivity contribution < 1.29 is 19.1 Å². The van der Waals surface area contributed by atoms with Gasteiger partial charge >= 0.3 is 6.16 Å². The van der Waals surface area contributed by atoms with E-state index in [4.69, 9.17) is 4.74 Å². The molecule has 1 rings (SSSR count). The van der Waals surface area contributed by atoms with Crippen molar-refractivity contribution in [2.45, 2.75) is 12.5 Å². The third kappa shape index (κ3) is 2.76. The van der Waals surface area contributed by atoms with Gasteiger partial charge in [0.05, 0.1) is 13.0 Å². The molecule has 0 saturated carbocycles. The Morgan fingerprint density at radius 3 is 3.00 bits per heavy atom. The largest absolute Gasteiger partial charge is 0.508 e. The molecule has 0 aliphatic carbocycles. The van der Waals surface area contributed by atoms with Crippen LogP contribution >= 0.6 is 0 Å². The Morgan fingerprint density at radius 2 is 2.50 bits per heavy atom. The van der Waals surface area contributed by atoms with Crippen LogP contribution in [0.3, 0.4) is 0 Å². The number of amides is 1. The Balaban J connectivity index is 2.28. The smallest absolute Gasteiger partial charge is 0.430 e. The summed E-state index contributed by atoms with van der Waals surface area (Å²) >= 11 is 0. The minimum absolute atomic E-state index is 0.0217. The van der Waals surface area contributed by atoms with Crippen LogP contribution in [0.5, 0.6) is 0 Å². The van der Waals surface area contributed by atoms with Crippen LogP contribution in [-0.4, -0.2) is 43.3 Å². The van der Waals surface area contributed by atoms with Crippen molar-refractivity contribution in [3.05, 3.63) is 12.7 Å². The van der Waals surface area contributed by atoms with E-state index in [9.17, 15) is 9.59 Å². The molecule has 1 fully saturated rings. The van der Waals surface area contributed by atoms with Crippen molar-refractivity contribution in [1.82, 2.24) is 4.90 Å². The fraction of sp³-hybridized carbons (Fsp3) is 0.556. The molecular weight excluding hydrogens is 186 g/mol. The number of ether oxygens (including phenoxy) is 2. The Hall–Kier alpha value is -1.52. The molecule has 0 spiro atoms. The minimum Gasteiger partial charge on any atom is -0.430 e. The molecule has 5 nitrogen and oxygen atoms in total. The van der Waals surface area contributed by atoms with Crippen molar-refractivity contribution >= 4 is 12.1 Å².